The van der Waals surface area contributed by atoms with E-state index in [0.717, 1.165) is 28.4 Å². The molecule has 3 aromatic rings. The van der Waals surface area contributed by atoms with E-state index in [0.29, 0.717) is 0 Å². The number of nitrogens with zero attached hydrogens (tertiary/aromatic N) is 1. The fourth-order valence-electron chi connectivity index (χ4n) is 2.16. The van der Waals surface area contributed by atoms with Crippen LogP contribution in [0, 0.1) is 0 Å². The highest BCUT2D eigenvalue weighted by molar-refractivity contribution is 5.64. The smallest absolute Gasteiger partial charge is 0.137 e. The van der Waals surface area contributed by atoms with E-state index in [9.17, 15) is 0 Å². The molecule has 0 spiro atoms. The van der Waals surface area contributed by atoms with Crippen LogP contribution in [0.25, 0.3) is 11.3 Å². The van der Waals surface area contributed by atoms with Crippen molar-refractivity contribution in [2.45, 2.75) is 13.0 Å². The molecule has 0 saturated carbocycles. The first kappa shape index (κ1) is 13.2. The van der Waals surface area contributed by atoms with Crippen molar-refractivity contribution in [1.29, 1.82) is 0 Å². The van der Waals surface area contributed by atoms with Crippen LogP contribution in [0.3, 0.4) is 0 Å². The van der Waals surface area contributed by atoms with Crippen LogP contribution in [0.2, 0.25) is 0 Å². The summed E-state index contributed by atoms with van der Waals surface area (Å²) in [6.45, 7) is 1.99. The number of para-hydroxylation sites is 1. The summed E-state index contributed by atoms with van der Waals surface area (Å²) in [5, 5.41) is 7.36. The van der Waals surface area contributed by atoms with Crippen molar-refractivity contribution in [2.24, 2.45) is 0 Å². The zero-order valence-corrected chi connectivity index (χ0v) is 11.8. The quantitative estimate of drug-likeness (QED) is 0.714. The van der Waals surface area contributed by atoms with Crippen molar-refractivity contribution in [3.8, 4) is 17.0 Å². The minimum Gasteiger partial charge on any atom is -0.484 e. The highest BCUT2D eigenvalue weighted by atomic mass is 16.5. The maximum atomic E-state index is 5.88. The molecule has 1 unspecified atom stereocenters. The monoisotopic (exact) mass is 279 g/mol. The fourth-order valence-corrected chi connectivity index (χ4v) is 2.16. The zero-order chi connectivity index (χ0) is 14.7. The van der Waals surface area contributed by atoms with Gasteiger partial charge in [-0.15, -0.1) is 0 Å². The predicted molar refractivity (Wildman–Crippen MR) is 83.9 cm³/mol. The van der Waals surface area contributed by atoms with E-state index >= 15 is 0 Å². The average molecular weight is 279 g/mol. The highest BCUT2D eigenvalue weighted by Crippen LogP contribution is 2.25. The van der Waals surface area contributed by atoms with Crippen molar-refractivity contribution in [1.82, 2.24) is 10.2 Å². The van der Waals surface area contributed by atoms with Gasteiger partial charge in [-0.1, -0.05) is 30.3 Å². The number of ether oxygens (including phenoxy) is 1. The number of aromatic nitrogens is 2. The molecule has 0 amide bonds. The molecule has 0 aliphatic carbocycles. The molecule has 0 saturated heterocycles. The summed E-state index contributed by atoms with van der Waals surface area (Å²) in [5.74, 6) is 0.838. The Kier molecular flexibility index (Phi) is 3.60. The molecule has 3 N–H and O–H groups in total. The number of H-pyrrole nitrogens is 1. The Morgan fingerprint density at radius 3 is 2.62 bits per heavy atom. The first-order valence-corrected chi connectivity index (χ1v) is 6.85. The largest absolute Gasteiger partial charge is 0.484 e. The molecule has 1 aromatic heterocycles. The molecule has 0 radical (unpaired) electrons. The summed E-state index contributed by atoms with van der Waals surface area (Å²) >= 11 is 0. The van der Waals surface area contributed by atoms with Crippen molar-refractivity contribution in [3.05, 3.63) is 66.4 Å². The lowest BCUT2D eigenvalue weighted by molar-refractivity contribution is 0.222. The van der Waals surface area contributed by atoms with Crippen molar-refractivity contribution in [3.63, 3.8) is 0 Å². The Labute approximate surface area is 123 Å². The van der Waals surface area contributed by atoms with Crippen LogP contribution in [-0.4, -0.2) is 10.2 Å². The molecule has 0 aliphatic heterocycles. The number of rotatable bonds is 4. The number of anilines is 1. The van der Waals surface area contributed by atoms with Gasteiger partial charge in [0.05, 0.1) is 11.4 Å². The highest BCUT2D eigenvalue weighted by Gasteiger charge is 2.12. The van der Waals surface area contributed by atoms with Gasteiger partial charge in [0.2, 0.25) is 0 Å². The number of hydrogen-bond donors (Lipinski definition) is 2. The van der Waals surface area contributed by atoms with Crippen LogP contribution in [0.4, 0.5) is 5.69 Å². The summed E-state index contributed by atoms with van der Waals surface area (Å²) in [6, 6.07) is 19.4. The molecule has 2 aromatic carbocycles. The first-order valence-electron chi connectivity index (χ1n) is 6.85. The minimum atomic E-state index is -0.102. The normalized spacial score (nSPS) is 12.0. The molecule has 0 aliphatic rings. The second-order valence-electron chi connectivity index (χ2n) is 4.91. The zero-order valence-electron chi connectivity index (χ0n) is 11.8. The Morgan fingerprint density at radius 1 is 1.05 bits per heavy atom. The third-order valence-electron chi connectivity index (χ3n) is 3.27. The van der Waals surface area contributed by atoms with Gasteiger partial charge >= 0.3 is 0 Å². The van der Waals surface area contributed by atoms with Crippen molar-refractivity contribution >= 4 is 5.69 Å². The molecule has 3 rings (SSSR count). The second-order valence-corrected chi connectivity index (χ2v) is 4.91. The molecular weight excluding hydrogens is 262 g/mol. The van der Waals surface area contributed by atoms with Crippen LogP contribution >= 0.6 is 0 Å². The van der Waals surface area contributed by atoms with E-state index in [1.807, 2.05) is 67.6 Å². The van der Waals surface area contributed by atoms with Gasteiger partial charge in [0.15, 0.2) is 0 Å². The van der Waals surface area contributed by atoms with E-state index in [-0.39, 0.29) is 6.10 Å². The number of nitrogens with two attached hydrogens (primary N) is 1. The summed E-state index contributed by atoms with van der Waals surface area (Å²) in [4.78, 5) is 0. The maximum absolute atomic E-state index is 5.88. The number of hydrogen-bond acceptors (Lipinski definition) is 3. The lowest BCUT2D eigenvalue weighted by Gasteiger charge is -2.12. The van der Waals surface area contributed by atoms with E-state index < -0.39 is 0 Å². The first-order chi connectivity index (χ1) is 10.2. The topological polar surface area (TPSA) is 63.9 Å². The summed E-state index contributed by atoms with van der Waals surface area (Å²) in [5.41, 5.74) is 9.31. The van der Waals surface area contributed by atoms with E-state index in [2.05, 4.69) is 10.2 Å². The molecule has 4 nitrogen and oxygen atoms in total. The Morgan fingerprint density at radius 2 is 1.86 bits per heavy atom. The van der Waals surface area contributed by atoms with Gasteiger partial charge in [-0.2, -0.15) is 5.10 Å². The maximum Gasteiger partial charge on any atom is 0.137 e. The lowest BCUT2D eigenvalue weighted by Crippen LogP contribution is -2.03. The van der Waals surface area contributed by atoms with E-state index in [1.165, 1.54) is 0 Å². The molecule has 4 heteroatoms. The number of aromatic amines is 1. The van der Waals surface area contributed by atoms with Crippen LogP contribution < -0.4 is 10.5 Å². The van der Waals surface area contributed by atoms with Crippen LogP contribution in [-0.2, 0) is 0 Å². The van der Waals surface area contributed by atoms with Gasteiger partial charge in [-0.3, -0.25) is 5.10 Å². The molecule has 106 valence electrons. The molecule has 0 fully saturated rings. The van der Waals surface area contributed by atoms with Gasteiger partial charge in [0.25, 0.3) is 0 Å². The molecule has 1 atom stereocenters. The summed E-state index contributed by atoms with van der Waals surface area (Å²) < 4.78 is 5.88. The SMILES string of the molecule is CC(Oc1ccccc1)c1cc(-c2cccc(N)c2)n[nH]1. The van der Waals surface area contributed by atoms with E-state index in [1.54, 1.807) is 0 Å². The van der Waals surface area contributed by atoms with Gasteiger partial charge in [0, 0.05) is 11.3 Å². The Balaban J connectivity index is 1.78. The van der Waals surface area contributed by atoms with Gasteiger partial charge in [0.1, 0.15) is 11.9 Å². The third-order valence-corrected chi connectivity index (χ3v) is 3.27. The fraction of sp³-hybridized carbons (Fsp3) is 0.118. The van der Waals surface area contributed by atoms with Crippen LogP contribution in [0.5, 0.6) is 5.75 Å². The van der Waals surface area contributed by atoms with Crippen molar-refractivity contribution in [2.75, 3.05) is 5.73 Å². The summed E-state index contributed by atoms with van der Waals surface area (Å²) in [7, 11) is 0. The van der Waals surface area contributed by atoms with Crippen LogP contribution in [0.15, 0.2) is 60.7 Å². The molecular formula is C17H17N3O. The standard InChI is InChI=1S/C17H17N3O/c1-12(21-15-8-3-2-4-9-15)16-11-17(20-19-16)13-6-5-7-14(18)10-13/h2-12H,18H2,1H3,(H,19,20). The lowest BCUT2D eigenvalue weighted by atomic mass is 10.1. The minimum absolute atomic E-state index is 0.102. The van der Waals surface area contributed by atoms with Gasteiger partial charge in [-0.25, -0.2) is 0 Å². The summed E-state index contributed by atoms with van der Waals surface area (Å²) in [6.07, 6.45) is -0.102. The number of benzene rings is 2. The molecule has 21 heavy (non-hydrogen) atoms. The average Bonchev–Trinajstić information content (AvgIpc) is 2.98. The number of nitrogens with one attached hydrogen (secondary N) is 1. The molecule has 1 heterocycles. The Hall–Kier alpha value is -2.75. The molecule has 0 bridgehead atoms. The van der Waals surface area contributed by atoms with Gasteiger partial charge < -0.3 is 10.5 Å². The predicted octanol–water partition coefficient (Wildman–Crippen LogP) is 3.80. The second kappa shape index (κ2) is 5.71. The Bertz CT molecular complexity index is 722. The van der Waals surface area contributed by atoms with E-state index in [4.69, 9.17) is 10.5 Å². The van der Waals surface area contributed by atoms with Gasteiger partial charge in [-0.05, 0) is 37.3 Å². The van der Waals surface area contributed by atoms with Crippen molar-refractivity contribution < 1.29 is 4.74 Å². The van der Waals surface area contributed by atoms with Crippen LogP contribution in [0.1, 0.15) is 18.7 Å². The number of nitrogen functional groups attached to an aromatic ring is 1. The third kappa shape index (κ3) is 3.05.